The maximum absolute atomic E-state index is 5.72. The molecule has 100 valence electrons. The molecule has 5 heteroatoms. The fraction of sp³-hybridized carbons (Fsp3) is 0.429. The molecule has 0 unspecified atom stereocenters. The monoisotopic (exact) mass is 321 g/mol. The molecule has 1 aromatic heterocycles. The smallest absolute Gasteiger partial charge is 0.226 e. The molecule has 3 rings (SSSR count). The Labute approximate surface area is 120 Å². The maximum Gasteiger partial charge on any atom is 0.226 e. The molecule has 0 radical (unpaired) electrons. The van der Waals surface area contributed by atoms with Crippen LogP contribution in [0.25, 0.3) is 10.9 Å². The lowest BCUT2D eigenvalue weighted by Crippen LogP contribution is -2.48. The Balaban J connectivity index is 1.95. The zero-order valence-corrected chi connectivity index (χ0v) is 12.6. The Morgan fingerprint density at radius 2 is 2.21 bits per heavy atom. The molecule has 2 aromatic rings. The van der Waals surface area contributed by atoms with Gasteiger partial charge in [-0.1, -0.05) is 15.9 Å². The van der Waals surface area contributed by atoms with Gasteiger partial charge in [0, 0.05) is 29.1 Å². The van der Waals surface area contributed by atoms with E-state index in [2.05, 4.69) is 44.6 Å². The van der Waals surface area contributed by atoms with E-state index in [0.717, 1.165) is 34.4 Å². The van der Waals surface area contributed by atoms with Crippen molar-refractivity contribution in [3.8, 4) is 0 Å². The van der Waals surface area contributed by atoms with Gasteiger partial charge in [0.1, 0.15) is 0 Å². The lowest BCUT2D eigenvalue weighted by atomic mass is 10.1. The van der Waals surface area contributed by atoms with Gasteiger partial charge in [0.25, 0.3) is 0 Å². The lowest BCUT2D eigenvalue weighted by molar-refractivity contribution is -0.0281. The van der Waals surface area contributed by atoms with Crippen LogP contribution in [0, 0.1) is 0 Å². The number of halogens is 1. The molecule has 4 nitrogen and oxygen atoms in total. The molecule has 0 spiro atoms. The molecule has 1 saturated heterocycles. The van der Waals surface area contributed by atoms with Gasteiger partial charge in [-0.15, -0.1) is 0 Å². The molecule has 0 amide bonds. The Hall–Kier alpha value is -1.20. The van der Waals surface area contributed by atoms with Crippen LogP contribution in [0.2, 0.25) is 0 Å². The normalized spacial score (nSPS) is 18.8. The molecule has 0 atom stereocenters. The zero-order chi connectivity index (χ0) is 13.5. The number of anilines is 1. The van der Waals surface area contributed by atoms with Crippen molar-refractivity contribution in [1.82, 2.24) is 9.97 Å². The first-order valence-electron chi connectivity index (χ1n) is 6.35. The number of rotatable bonds is 1. The molecule has 2 heterocycles. The van der Waals surface area contributed by atoms with E-state index < -0.39 is 0 Å². The quantitative estimate of drug-likeness (QED) is 0.809. The molecular formula is C14H16BrN3O. The minimum atomic E-state index is -0.143. The van der Waals surface area contributed by atoms with Crippen LogP contribution in [0.4, 0.5) is 5.95 Å². The number of ether oxygens (including phenoxy) is 1. The summed E-state index contributed by atoms with van der Waals surface area (Å²) in [5, 5.41) is 1.05. The van der Waals surface area contributed by atoms with E-state index in [4.69, 9.17) is 4.74 Å². The molecule has 1 aliphatic rings. The fourth-order valence-electron chi connectivity index (χ4n) is 2.33. The van der Waals surface area contributed by atoms with Crippen LogP contribution in [0.5, 0.6) is 0 Å². The van der Waals surface area contributed by atoms with Gasteiger partial charge >= 0.3 is 0 Å². The second-order valence-electron chi connectivity index (χ2n) is 5.40. The third-order valence-corrected chi connectivity index (χ3v) is 3.73. The second kappa shape index (κ2) is 4.72. The summed E-state index contributed by atoms with van der Waals surface area (Å²) >= 11 is 3.46. The van der Waals surface area contributed by atoms with E-state index in [-0.39, 0.29) is 5.60 Å². The highest BCUT2D eigenvalue weighted by molar-refractivity contribution is 9.10. The summed E-state index contributed by atoms with van der Waals surface area (Å²) in [7, 11) is 0. The number of hydrogen-bond acceptors (Lipinski definition) is 4. The van der Waals surface area contributed by atoms with Crippen LogP contribution in [0.15, 0.2) is 28.9 Å². The predicted octanol–water partition coefficient (Wildman–Crippen LogP) is 3.01. The van der Waals surface area contributed by atoms with Crippen molar-refractivity contribution in [2.24, 2.45) is 0 Å². The molecule has 0 aliphatic carbocycles. The summed E-state index contributed by atoms with van der Waals surface area (Å²) in [6, 6.07) is 6.04. The Bertz CT molecular complexity index is 615. The van der Waals surface area contributed by atoms with Crippen molar-refractivity contribution in [2.45, 2.75) is 19.4 Å². The molecule has 0 N–H and O–H groups in total. The Morgan fingerprint density at radius 3 is 3.00 bits per heavy atom. The van der Waals surface area contributed by atoms with Crippen LogP contribution in [-0.4, -0.2) is 35.3 Å². The van der Waals surface area contributed by atoms with E-state index in [1.54, 1.807) is 0 Å². The van der Waals surface area contributed by atoms with Crippen molar-refractivity contribution < 1.29 is 4.74 Å². The average molecular weight is 322 g/mol. The van der Waals surface area contributed by atoms with Crippen molar-refractivity contribution >= 4 is 32.8 Å². The van der Waals surface area contributed by atoms with Crippen molar-refractivity contribution in [3.63, 3.8) is 0 Å². The van der Waals surface area contributed by atoms with Crippen LogP contribution < -0.4 is 4.90 Å². The number of benzene rings is 1. The SMILES string of the molecule is CC1(C)CN(c2ncc3cc(Br)ccc3n2)CCO1. The molecule has 0 saturated carbocycles. The van der Waals surface area contributed by atoms with E-state index in [0.29, 0.717) is 6.61 Å². The van der Waals surface area contributed by atoms with Gasteiger partial charge in [0.2, 0.25) is 5.95 Å². The first kappa shape index (κ1) is 12.8. The summed E-state index contributed by atoms with van der Waals surface area (Å²) < 4.78 is 6.76. The van der Waals surface area contributed by atoms with Gasteiger partial charge in [-0.3, -0.25) is 0 Å². The Morgan fingerprint density at radius 1 is 1.37 bits per heavy atom. The molecular weight excluding hydrogens is 306 g/mol. The van der Waals surface area contributed by atoms with Gasteiger partial charge in [-0.2, -0.15) is 0 Å². The summed E-state index contributed by atoms with van der Waals surface area (Å²) in [6.07, 6.45) is 1.88. The highest BCUT2D eigenvalue weighted by Gasteiger charge is 2.28. The maximum atomic E-state index is 5.72. The molecule has 19 heavy (non-hydrogen) atoms. The Kier molecular flexibility index (Phi) is 3.19. The van der Waals surface area contributed by atoms with E-state index >= 15 is 0 Å². The highest BCUT2D eigenvalue weighted by Crippen LogP contribution is 2.23. The number of nitrogens with zero attached hydrogens (tertiary/aromatic N) is 3. The van der Waals surface area contributed by atoms with Gasteiger partial charge in [-0.05, 0) is 32.0 Å². The van der Waals surface area contributed by atoms with E-state index in [9.17, 15) is 0 Å². The van der Waals surface area contributed by atoms with Crippen molar-refractivity contribution in [1.29, 1.82) is 0 Å². The summed E-state index contributed by atoms with van der Waals surface area (Å²) in [4.78, 5) is 11.3. The predicted molar refractivity (Wildman–Crippen MR) is 79.5 cm³/mol. The number of aromatic nitrogens is 2. The number of fused-ring (bicyclic) bond motifs is 1. The van der Waals surface area contributed by atoms with Gasteiger partial charge in [-0.25, -0.2) is 9.97 Å². The van der Waals surface area contributed by atoms with Gasteiger partial charge < -0.3 is 9.64 Å². The standard InChI is InChI=1S/C14H16BrN3O/c1-14(2)9-18(5-6-19-14)13-16-8-10-7-11(15)3-4-12(10)17-13/h3-4,7-8H,5-6,9H2,1-2H3. The minimum Gasteiger partial charge on any atom is -0.372 e. The van der Waals surface area contributed by atoms with Crippen molar-refractivity contribution in [2.75, 3.05) is 24.6 Å². The van der Waals surface area contributed by atoms with Gasteiger partial charge in [0.15, 0.2) is 0 Å². The largest absolute Gasteiger partial charge is 0.372 e. The second-order valence-corrected chi connectivity index (χ2v) is 6.32. The third-order valence-electron chi connectivity index (χ3n) is 3.24. The highest BCUT2D eigenvalue weighted by atomic mass is 79.9. The van der Waals surface area contributed by atoms with Crippen LogP contribution in [0.1, 0.15) is 13.8 Å². The summed E-state index contributed by atoms with van der Waals surface area (Å²) in [6.45, 7) is 6.56. The molecule has 1 aliphatic heterocycles. The van der Waals surface area contributed by atoms with Crippen LogP contribution in [0.3, 0.4) is 0 Å². The third kappa shape index (κ3) is 2.72. The average Bonchev–Trinajstić information content (AvgIpc) is 2.37. The zero-order valence-electron chi connectivity index (χ0n) is 11.1. The molecule has 1 aromatic carbocycles. The molecule has 0 bridgehead atoms. The van der Waals surface area contributed by atoms with E-state index in [1.807, 2.05) is 24.4 Å². The van der Waals surface area contributed by atoms with Crippen molar-refractivity contribution in [3.05, 3.63) is 28.9 Å². The number of morpholine rings is 1. The molecule has 1 fully saturated rings. The van der Waals surface area contributed by atoms with E-state index in [1.165, 1.54) is 0 Å². The van der Waals surface area contributed by atoms with Gasteiger partial charge in [0.05, 0.1) is 17.7 Å². The van der Waals surface area contributed by atoms with Crippen LogP contribution in [-0.2, 0) is 4.74 Å². The lowest BCUT2D eigenvalue weighted by Gasteiger charge is -2.38. The topological polar surface area (TPSA) is 38.2 Å². The fourth-order valence-corrected chi connectivity index (χ4v) is 2.71. The summed E-state index contributed by atoms with van der Waals surface area (Å²) in [5.74, 6) is 0.784. The number of hydrogen-bond donors (Lipinski definition) is 0. The van der Waals surface area contributed by atoms with Crippen LogP contribution >= 0.6 is 15.9 Å². The first-order valence-corrected chi connectivity index (χ1v) is 7.14. The minimum absolute atomic E-state index is 0.143. The first-order chi connectivity index (χ1) is 9.03. The summed E-state index contributed by atoms with van der Waals surface area (Å²) in [5.41, 5.74) is 0.827.